The monoisotopic (exact) mass is 401 g/mol. The fourth-order valence-electron chi connectivity index (χ4n) is 2.43. The molecule has 1 N–H and O–H groups in total. The quantitative estimate of drug-likeness (QED) is 0.670. The highest BCUT2D eigenvalue weighted by molar-refractivity contribution is 6.30. The lowest BCUT2D eigenvalue weighted by Crippen LogP contribution is -2.28. The van der Waals surface area contributed by atoms with E-state index >= 15 is 0 Å². The van der Waals surface area contributed by atoms with E-state index < -0.39 is 12.7 Å². The Morgan fingerprint density at radius 3 is 2.56 bits per heavy atom. The molecule has 0 aliphatic carbocycles. The Bertz CT molecular complexity index is 781. The summed E-state index contributed by atoms with van der Waals surface area (Å²) in [6.45, 7) is -0.886. The van der Waals surface area contributed by atoms with E-state index in [0.29, 0.717) is 27.5 Å². The minimum Gasteiger partial charge on any atom is -0.489 e. The van der Waals surface area contributed by atoms with Crippen LogP contribution in [0.1, 0.15) is 16.7 Å². The molecule has 0 saturated heterocycles. The molecule has 0 aliphatic heterocycles. The first-order valence-corrected chi connectivity index (χ1v) is 8.48. The van der Waals surface area contributed by atoms with Crippen LogP contribution in [0.5, 0.6) is 5.75 Å². The lowest BCUT2D eigenvalue weighted by atomic mass is 10.1. The van der Waals surface area contributed by atoms with Crippen LogP contribution < -0.4 is 10.1 Å². The van der Waals surface area contributed by atoms with Crippen LogP contribution in [0.2, 0.25) is 5.02 Å². The number of benzene rings is 2. The van der Waals surface area contributed by atoms with E-state index in [2.05, 4.69) is 10.1 Å². The molecule has 2 aromatic rings. The maximum absolute atomic E-state index is 12.2. The molecule has 0 aliphatic rings. The van der Waals surface area contributed by atoms with Crippen LogP contribution in [0.25, 0.3) is 0 Å². The van der Waals surface area contributed by atoms with Gasteiger partial charge in [-0.25, -0.2) is 0 Å². The zero-order valence-corrected chi connectivity index (χ0v) is 15.4. The predicted octanol–water partition coefficient (Wildman–Crippen LogP) is 4.29. The van der Waals surface area contributed by atoms with Gasteiger partial charge >= 0.3 is 12.1 Å². The van der Waals surface area contributed by atoms with Gasteiger partial charge in [-0.2, -0.15) is 13.2 Å². The summed E-state index contributed by atoms with van der Waals surface area (Å²) in [5, 5.41) is 2.74. The van der Waals surface area contributed by atoms with Gasteiger partial charge in [-0.1, -0.05) is 35.9 Å². The van der Waals surface area contributed by atoms with Crippen LogP contribution in [-0.4, -0.2) is 25.8 Å². The van der Waals surface area contributed by atoms with Crippen LogP contribution in [0, 0.1) is 0 Å². The summed E-state index contributed by atoms with van der Waals surface area (Å²) < 4.78 is 47.1. The number of methoxy groups -OCH3 is 1. The molecule has 0 spiro atoms. The van der Waals surface area contributed by atoms with Gasteiger partial charge in [0, 0.05) is 17.1 Å². The van der Waals surface area contributed by atoms with Crippen molar-refractivity contribution in [1.29, 1.82) is 0 Å². The Morgan fingerprint density at radius 2 is 1.85 bits per heavy atom. The van der Waals surface area contributed by atoms with Gasteiger partial charge in [0.15, 0.2) is 0 Å². The topological polar surface area (TPSA) is 47.6 Å². The average molecular weight is 402 g/mol. The molecule has 27 heavy (non-hydrogen) atoms. The summed E-state index contributed by atoms with van der Waals surface area (Å²) in [6.07, 6.45) is -4.19. The molecule has 0 saturated carbocycles. The molecule has 4 nitrogen and oxygen atoms in total. The number of ether oxygens (including phenoxy) is 2. The van der Waals surface area contributed by atoms with Gasteiger partial charge in [0.2, 0.25) is 0 Å². The largest absolute Gasteiger partial charge is 0.489 e. The third kappa shape index (κ3) is 7.48. The van der Waals surface area contributed by atoms with Crippen molar-refractivity contribution in [3.63, 3.8) is 0 Å². The number of nitrogens with one attached hydrogen (secondary N) is 1. The number of rotatable bonds is 8. The maximum Gasteiger partial charge on any atom is 0.401 e. The van der Waals surface area contributed by atoms with Gasteiger partial charge in [-0.05, 0) is 29.3 Å². The lowest BCUT2D eigenvalue weighted by Gasteiger charge is -2.13. The predicted molar refractivity (Wildman–Crippen MR) is 95.7 cm³/mol. The summed E-state index contributed by atoms with van der Waals surface area (Å²) in [6, 6.07) is 12.1. The Morgan fingerprint density at radius 1 is 1.15 bits per heavy atom. The Labute approximate surface area is 160 Å². The summed E-state index contributed by atoms with van der Waals surface area (Å²) in [5.74, 6) is 0.145. The second-order valence-electron chi connectivity index (χ2n) is 5.84. The first-order valence-electron chi connectivity index (χ1n) is 8.10. The SMILES string of the molecule is COC(=O)Cc1ccccc1OCc1cc(Cl)cc(CNCC(F)(F)F)c1. The van der Waals surface area contributed by atoms with E-state index in [1.165, 1.54) is 7.11 Å². The number of halogens is 4. The second kappa shape index (κ2) is 9.62. The Kier molecular flexibility index (Phi) is 7.50. The van der Waals surface area contributed by atoms with Crippen molar-refractivity contribution in [1.82, 2.24) is 5.32 Å². The number of carbonyl (C=O) groups is 1. The molecule has 0 aromatic heterocycles. The molecule has 2 aromatic carbocycles. The number of hydrogen-bond acceptors (Lipinski definition) is 4. The third-order valence-electron chi connectivity index (χ3n) is 3.60. The number of esters is 1. The molecule has 0 heterocycles. The molecular weight excluding hydrogens is 383 g/mol. The minimum absolute atomic E-state index is 0.0337. The zero-order valence-electron chi connectivity index (χ0n) is 14.6. The van der Waals surface area contributed by atoms with E-state index in [4.69, 9.17) is 16.3 Å². The highest BCUT2D eigenvalue weighted by Crippen LogP contribution is 2.22. The summed E-state index contributed by atoms with van der Waals surface area (Å²) >= 11 is 6.05. The molecule has 8 heteroatoms. The number of para-hydroxylation sites is 1. The first-order chi connectivity index (χ1) is 12.8. The molecular formula is C19H19ClF3NO3. The van der Waals surface area contributed by atoms with Gasteiger partial charge < -0.3 is 14.8 Å². The first kappa shape index (κ1) is 21.1. The zero-order chi connectivity index (χ0) is 19.9. The normalized spacial score (nSPS) is 11.3. The molecule has 146 valence electrons. The Balaban J connectivity index is 2.03. The molecule has 0 atom stereocenters. The highest BCUT2D eigenvalue weighted by Gasteiger charge is 2.26. The van der Waals surface area contributed by atoms with Crippen molar-refractivity contribution in [3.05, 3.63) is 64.2 Å². The van der Waals surface area contributed by atoms with Gasteiger partial charge in [0.05, 0.1) is 20.1 Å². The van der Waals surface area contributed by atoms with Gasteiger partial charge in [0.25, 0.3) is 0 Å². The van der Waals surface area contributed by atoms with E-state index in [1.54, 1.807) is 42.5 Å². The van der Waals surface area contributed by atoms with Crippen molar-refractivity contribution in [2.45, 2.75) is 25.7 Å². The molecule has 0 fully saturated rings. The summed E-state index contributed by atoms with van der Waals surface area (Å²) in [7, 11) is 1.31. The van der Waals surface area contributed by atoms with E-state index in [1.807, 2.05) is 0 Å². The lowest BCUT2D eigenvalue weighted by molar-refractivity contribution is -0.139. The van der Waals surface area contributed by atoms with Crippen molar-refractivity contribution in [3.8, 4) is 5.75 Å². The van der Waals surface area contributed by atoms with Gasteiger partial charge in [-0.15, -0.1) is 0 Å². The van der Waals surface area contributed by atoms with Crippen LogP contribution >= 0.6 is 11.6 Å². The van der Waals surface area contributed by atoms with Crippen molar-refractivity contribution < 1.29 is 27.4 Å². The minimum atomic E-state index is -4.27. The Hall–Kier alpha value is -2.25. The van der Waals surface area contributed by atoms with Crippen LogP contribution in [0.4, 0.5) is 13.2 Å². The molecule has 0 radical (unpaired) electrons. The fraction of sp³-hybridized carbons (Fsp3) is 0.316. The molecule has 0 amide bonds. The average Bonchev–Trinajstić information content (AvgIpc) is 2.59. The molecule has 2 rings (SSSR count). The van der Waals surface area contributed by atoms with Crippen molar-refractivity contribution in [2.75, 3.05) is 13.7 Å². The number of hydrogen-bond donors (Lipinski definition) is 1. The summed E-state index contributed by atoms with van der Waals surface area (Å²) in [4.78, 5) is 11.5. The third-order valence-corrected chi connectivity index (χ3v) is 3.82. The standard InChI is InChI=1S/C19H19ClF3NO3/c1-26-18(25)9-15-4-2-3-5-17(15)27-11-14-6-13(7-16(20)8-14)10-24-12-19(21,22)23/h2-8,24H,9-12H2,1H3. The van der Waals surface area contributed by atoms with Crippen LogP contribution in [0.15, 0.2) is 42.5 Å². The van der Waals surface area contributed by atoms with E-state index in [9.17, 15) is 18.0 Å². The van der Waals surface area contributed by atoms with Crippen molar-refractivity contribution >= 4 is 17.6 Å². The van der Waals surface area contributed by atoms with Crippen LogP contribution in [0.3, 0.4) is 0 Å². The maximum atomic E-state index is 12.2. The van der Waals surface area contributed by atoms with Crippen LogP contribution in [-0.2, 0) is 29.1 Å². The van der Waals surface area contributed by atoms with E-state index in [-0.39, 0.29) is 25.5 Å². The summed E-state index contributed by atoms with van der Waals surface area (Å²) in [5.41, 5.74) is 2.01. The number of carbonyl (C=O) groups excluding carboxylic acids is 1. The van der Waals surface area contributed by atoms with Crippen molar-refractivity contribution in [2.24, 2.45) is 0 Å². The number of alkyl halides is 3. The smallest absolute Gasteiger partial charge is 0.401 e. The highest BCUT2D eigenvalue weighted by atomic mass is 35.5. The van der Waals surface area contributed by atoms with Gasteiger partial charge in [-0.3, -0.25) is 4.79 Å². The molecule has 0 unspecified atom stereocenters. The molecule has 0 bridgehead atoms. The van der Waals surface area contributed by atoms with E-state index in [0.717, 1.165) is 0 Å². The second-order valence-corrected chi connectivity index (χ2v) is 6.27. The van der Waals surface area contributed by atoms with Gasteiger partial charge in [0.1, 0.15) is 12.4 Å². The fourth-order valence-corrected chi connectivity index (χ4v) is 2.71.